The van der Waals surface area contributed by atoms with Crippen molar-refractivity contribution in [2.24, 2.45) is 0 Å². The maximum absolute atomic E-state index is 5.65. The molecule has 1 N–H and O–H groups in total. The Morgan fingerprint density at radius 1 is 1.16 bits per heavy atom. The second kappa shape index (κ2) is 6.80. The van der Waals surface area contributed by atoms with Gasteiger partial charge in [-0.1, -0.05) is 0 Å². The molecule has 2 unspecified atom stereocenters. The first-order valence-electron chi connectivity index (χ1n) is 7.23. The normalized spacial score (nSPS) is 23.4. The number of benzene rings is 1. The lowest BCUT2D eigenvalue weighted by Crippen LogP contribution is -2.30. The van der Waals surface area contributed by atoms with E-state index < -0.39 is 0 Å². The molecule has 1 saturated carbocycles. The molecule has 1 aromatic rings. The smallest absolute Gasteiger partial charge is 0.119 e. The zero-order valence-electron chi connectivity index (χ0n) is 12.2. The Morgan fingerprint density at radius 3 is 2.53 bits per heavy atom. The molecule has 0 spiro atoms. The van der Waals surface area contributed by atoms with Crippen LogP contribution in [0.15, 0.2) is 24.3 Å². The molecule has 3 heteroatoms. The molecule has 1 aliphatic carbocycles. The first-order valence-corrected chi connectivity index (χ1v) is 7.23. The van der Waals surface area contributed by atoms with Crippen molar-refractivity contribution in [3.63, 3.8) is 0 Å². The molecule has 3 nitrogen and oxygen atoms in total. The van der Waals surface area contributed by atoms with Crippen LogP contribution in [0, 0.1) is 0 Å². The van der Waals surface area contributed by atoms with E-state index in [1.54, 1.807) is 0 Å². The summed E-state index contributed by atoms with van der Waals surface area (Å²) in [6.45, 7) is 4.08. The van der Waals surface area contributed by atoms with Gasteiger partial charge in [0.05, 0.1) is 12.2 Å². The molecule has 0 saturated heterocycles. The Morgan fingerprint density at radius 2 is 1.89 bits per heavy atom. The molecule has 2 rings (SSSR count). The lowest BCUT2D eigenvalue weighted by Gasteiger charge is -2.29. The van der Waals surface area contributed by atoms with E-state index in [-0.39, 0.29) is 6.10 Å². The van der Waals surface area contributed by atoms with Gasteiger partial charge in [0.25, 0.3) is 0 Å². The molecule has 1 aromatic carbocycles. The average molecular weight is 263 g/mol. The molecular formula is C16H25NO2. The molecule has 19 heavy (non-hydrogen) atoms. The summed E-state index contributed by atoms with van der Waals surface area (Å²) in [6.07, 6.45) is 5.39. The molecular weight excluding hydrogens is 238 g/mol. The standard InChI is InChI=1S/C16H25NO2/c1-12(2)19-15-9-7-13(8-10-15)17-14-5-4-6-16(11-14)18-3/h7-10,12,14,16-17H,4-6,11H2,1-3H3. The molecule has 1 aliphatic rings. The van der Waals surface area contributed by atoms with Gasteiger partial charge in [-0.15, -0.1) is 0 Å². The van der Waals surface area contributed by atoms with Gasteiger partial charge in [0, 0.05) is 18.8 Å². The molecule has 106 valence electrons. The van der Waals surface area contributed by atoms with Crippen molar-refractivity contribution in [2.75, 3.05) is 12.4 Å². The monoisotopic (exact) mass is 263 g/mol. The molecule has 0 amide bonds. The van der Waals surface area contributed by atoms with Crippen LogP contribution in [-0.4, -0.2) is 25.4 Å². The van der Waals surface area contributed by atoms with Crippen molar-refractivity contribution in [3.05, 3.63) is 24.3 Å². The van der Waals surface area contributed by atoms with Crippen molar-refractivity contribution in [3.8, 4) is 5.75 Å². The predicted molar refractivity (Wildman–Crippen MR) is 78.9 cm³/mol. The number of hydrogen-bond acceptors (Lipinski definition) is 3. The van der Waals surface area contributed by atoms with Gasteiger partial charge >= 0.3 is 0 Å². The van der Waals surface area contributed by atoms with Gasteiger partial charge < -0.3 is 14.8 Å². The van der Waals surface area contributed by atoms with E-state index >= 15 is 0 Å². The van der Waals surface area contributed by atoms with Gasteiger partial charge in [0.2, 0.25) is 0 Å². The number of hydrogen-bond donors (Lipinski definition) is 1. The van der Waals surface area contributed by atoms with Gasteiger partial charge in [0.1, 0.15) is 5.75 Å². The summed E-state index contributed by atoms with van der Waals surface area (Å²) in [7, 11) is 1.81. The molecule has 1 fully saturated rings. The molecule has 0 aliphatic heterocycles. The Bertz CT molecular complexity index is 375. The van der Waals surface area contributed by atoms with Crippen LogP contribution in [0.3, 0.4) is 0 Å². The summed E-state index contributed by atoms with van der Waals surface area (Å²) in [5.41, 5.74) is 1.16. The van der Waals surface area contributed by atoms with Gasteiger partial charge in [-0.3, -0.25) is 0 Å². The third-order valence-corrected chi connectivity index (χ3v) is 3.56. The van der Waals surface area contributed by atoms with Crippen LogP contribution in [0.4, 0.5) is 5.69 Å². The Hall–Kier alpha value is -1.22. The highest BCUT2D eigenvalue weighted by Gasteiger charge is 2.21. The van der Waals surface area contributed by atoms with E-state index in [0.29, 0.717) is 12.1 Å². The van der Waals surface area contributed by atoms with Crippen molar-refractivity contribution < 1.29 is 9.47 Å². The van der Waals surface area contributed by atoms with Crippen molar-refractivity contribution in [2.45, 2.75) is 57.8 Å². The van der Waals surface area contributed by atoms with Gasteiger partial charge in [-0.25, -0.2) is 0 Å². The molecule has 0 bridgehead atoms. The number of methoxy groups -OCH3 is 1. The van der Waals surface area contributed by atoms with Crippen molar-refractivity contribution in [1.29, 1.82) is 0 Å². The zero-order valence-corrected chi connectivity index (χ0v) is 12.2. The summed E-state index contributed by atoms with van der Waals surface area (Å²) in [5, 5.41) is 3.59. The Kier molecular flexibility index (Phi) is 5.08. The van der Waals surface area contributed by atoms with E-state index in [1.807, 2.05) is 33.1 Å². The number of nitrogens with one attached hydrogen (secondary N) is 1. The lowest BCUT2D eigenvalue weighted by atomic mass is 9.92. The lowest BCUT2D eigenvalue weighted by molar-refractivity contribution is 0.0669. The fraction of sp³-hybridized carbons (Fsp3) is 0.625. The largest absolute Gasteiger partial charge is 0.491 e. The number of anilines is 1. The molecule has 2 atom stereocenters. The predicted octanol–water partition coefficient (Wildman–Crippen LogP) is 3.84. The Balaban J connectivity index is 1.88. The van der Waals surface area contributed by atoms with Crippen LogP contribution >= 0.6 is 0 Å². The van der Waals surface area contributed by atoms with Gasteiger partial charge in [-0.05, 0) is 63.8 Å². The van der Waals surface area contributed by atoms with Crippen LogP contribution in [0.5, 0.6) is 5.75 Å². The van der Waals surface area contributed by atoms with E-state index in [4.69, 9.17) is 9.47 Å². The van der Waals surface area contributed by atoms with Crippen LogP contribution in [0.2, 0.25) is 0 Å². The first kappa shape index (κ1) is 14.2. The highest BCUT2D eigenvalue weighted by Crippen LogP contribution is 2.25. The summed E-state index contributed by atoms with van der Waals surface area (Å²) >= 11 is 0. The van der Waals surface area contributed by atoms with E-state index in [1.165, 1.54) is 19.3 Å². The second-order valence-corrected chi connectivity index (χ2v) is 5.56. The summed E-state index contributed by atoms with van der Waals surface area (Å²) in [6, 6.07) is 8.76. The minimum atomic E-state index is 0.222. The minimum Gasteiger partial charge on any atom is -0.491 e. The second-order valence-electron chi connectivity index (χ2n) is 5.56. The topological polar surface area (TPSA) is 30.5 Å². The summed E-state index contributed by atoms with van der Waals surface area (Å²) in [5.74, 6) is 0.930. The SMILES string of the molecule is COC1CCCC(Nc2ccc(OC(C)C)cc2)C1. The van der Waals surface area contributed by atoms with Gasteiger partial charge in [-0.2, -0.15) is 0 Å². The minimum absolute atomic E-state index is 0.222. The van der Waals surface area contributed by atoms with E-state index in [0.717, 1.165) is 17.9 Å². The van der Waals surface area contributed by atoms with Crippen LogP contribution in [0.1, 0.15) is 39.5 Å². The molecule has 0 aromatic heterocycles. The van der Waals surface area contributed by atoms with E-state index in [9.17, 15) is 0 Å². The van der Waals surface area contributed by atoms with Gasteiger partial charge in [0.15, 0.2) is 0 Å². The zero-order chi connectivity index (χ0) is 13.7. The van der Waals surface area contributed by atoms with Crippen LogP contribution in [0.25, 0.3) is 0 Å². The first-order chi connectivity index (χ1) is 9.17. The highest BCUT2D eigenvalue weighted by molar-refractivity contribution is 5.47. The third-order valence-electron chi connectivity index (χ3n) is 3.56. The van der Waals surface area contributed by atoms with Crippen molar-refractivity contribution in [1.82, 2.24) is 0 Å². The Labute approximate surface area is 116 Å². The summed E-state index contributed by atoms with van der Waals surface area (Å²) < 4.78 is 11.1. The van der Waals surface area contributed by atoms with Crippen LogP contribution in [-0.2, 0) is 4.74 Å². The quantitative estimate of drug-likeness (QED) is 0.875. The third kappa shape index (κ3) is 4.43. The maximum atomic E-state index is 5.65. The molecule has 0 heterocycles. The maximum Gasteiger partial charge on any atom is 0.119 e. The number of ether oxygens (including phenoxy) is 2. The van der Waals surface area contributed by atoms with Crippen LogP contribution < -0.4 is 10.1 Å². The fourth-order valence-electron chi connectivity index (χ4n) is 2.63. The number of rotatable bonds is 5. The molecule has 0 radical (unpaired) electrons. The fourth-order valence-corrected chi connectivity index (χ4v) is 2.63. The highest BCUT2D eigenvalue weighted by atomic mass is 16.5. The van der Waals surface area contributed by atoms with E-state index in [2.05, 4.69) is 17.4 Å². The van der Waals surface area contributed by atoms with Crippen molar-refractivity contribution >= 4 is 5.69 Å². The average Bonchev–Trinajstić information content (AvgIpc) is 2.41. The summed E-state index contributed by atoms with van der Waals surface area (Å²) in [4.78, 5) is 0.